The number of nitrogens with zero attached hydrogens (tertiary/aromatic N) is 6. The van der Waals surface area contributed by atoms with Gasteiger partial charge in [0.15, 0.2) is 0 Å². The quantitative estimate of drug-likeness (QED) is 0.631. The number of hydrogen-bond acceptors (Lipinski definition) is 6. The Balaban J connectivity index is 1.32. The SMILES string of the molecule is O=c1ccc(-c2cccnc2)nn1CC1CCCN1Cc1ccnc(C2CCC2)n1. The summed E-state index contributed by atoms with van der Waals surface area (Å²) in [6.07, 6.45) is 11.3. The Morgan fingerprint density at radius 3 is 2.77 bits per heavy atom. The molecule has 7 nitrogen and oxygen atoms in total. The van der Waals surface area contributed by atoms with E-state index in [2.05, 4.69) is 20.0 Å². The van der Waals surface area contributed by atoms with E-state index in [4.69, 9.17) is 4.98 Å². The predicted octanol–water partition coefficient (Wildman–Crippen LogP) is 3.03. The van der Waals surface area contributed by atoms with Crippen molar-refractivity contribution in [2.24, 2.45) is 0 Å². The Kier molecular flexibility index (Phi) is 5.36. The standard InChI is InChI=1S/C23H26N6O/c30-22-9-8-21(18-6-2-11-24-14-18)27-29(22)16-20-7-3-13-28(20)15-19-10-12-25-23(26-19)17-4-1-5-17/h2,6,8-12,14,17,20H,1,3-5,7,13,15-16H2. The first-order valence-electron chi connectivity index (χ1n) is 10.8. The zero-order valence-electron chi connectivity index (χ0n) is 17.0. The fourth-order valence-corrected chi connectivity index (χ4v) is 4.33. The zero-order chi connectivity index (χ0) is 20.3. The first kappa shape index (κ1) is 19.1. The maximum absolute atomic E-state index is 12.5. The van der Waals surface area contributed by atoms with Crippen LogP contribution in [-0.4, -0.2) is 42.2 Å². The summed E-state index contributed by atoms with van der Waals surface area (Å²) < 4.78 is 1.60. The Bertz CT molecular complexity index is 1060. The molecule has 2 fully saturated rings. The van der Waals surface area contributed by atoms with E-state index < -0.39 is 0 Å². The van der Waals surface area contributed by atoms with Crippen LogP contribution in [0.25, 0.3) is 11.3 Å². The second kappa shape index (κ2) is 8.44. The Hall–Kier alpha value is -2.93. The Morgan fingerprint density at radius 2 is 1.97 bits per heavy atom. The number of rotatable bonds is 6. The van der Waals surface area contributed by atoms with Gasteiger partial charge in [-0.2, -0.15) is 5.10 Å². The molecular formula is C23H26N6O. The van der Waals surface area contributed by atoms with Crippen LogP contribution < -0.4 is 5.56 Å². The van der Waals surface area contributed by atoms with Crippen LogP contribution in [0.2, 0.25) is 0 Å². The van der Waals surface area contributed by atoms with Crippen LogP contribution in [-0.2, 0) is 13.1 Å². The summed E-state index contributed by atoms with van der Waals surface area (Å²) in [5.41, 5.74) is 2.69. The van der Waals surface area contributed by atoms with Gasteiger partial charge < -0.3 is 0 Å². The van der Waals surface area contributed by atoms with E-state index in [1.807, 2.05) is 24.4 Å². The molecule has 1 aliphatic heterocycles. The van der Waals surface area contributed by atoms with Crippen molar-refractivity contribution in [1.29, 1.82) is 0 Å². The molecular weight excluding hydrogens is 376 g/mol. The van der Waals surface area contributed by atoms with E-state index in [0.717, 1.165) is 48.7 Å². The van der Waals surface area contributed by atoms with Crippen molar-refractivity contribution in [1.82, 2.24) is 29.6 Å². The molecule has 0 amide bonds. The van der Waals surface area contributed by atoms with Gasteiger partial charge in [-0.25, -0.2) is 14.6 Å². The summed E-state index contributed by atoms with van der Waals surface area (Å²) in [6.45, 7) is 2.40. The van der Waals surface area contributed by atoms with Gasteiger partial charge in [-0.05, 0) is 56.5 Å². The fraction of sp³-hybridized carbons (Fsp3) is 0.435. The van der Waals surface area contributed by atoms with Crippen molar-refractivity contribution in [2.45, 2.75) is 57.2 Å². The van der Waals surface area contributed by atoms with Gasteiger partial charge in [0.2, 0.25) is 0 Å². The van der Waals surface area contributed by atoms with Gasteiger partial charge in [-0.15, -0.1) is 0 Å². The molecule has 0 N–H and O–H groups in total. The molecule has 4 heterocycles. The van der Waals surface area contributed by atoms with E-state index in [1.54, 1.807) is 29.2 Å². The topological polar surface area (TPSA) is 76.8 Å². The maximum atomic E-state index is 12.5. The Morgan fingerprint density at radius 1 is 1.03 bits per heavy atom. The normalized spacial score (nSPS) is 19.7. The van der Waals surface area contributed by atoms with Crippen LogP contribution in [0.15, 0.2) is 53.7 Å². The van der Waals surface area contributed by atoms with E-state index in [1.165, 1.54) is 19.3 Å². The van der Waals surface area contributed by atoms with Crippen molar-refractivity contribution in [2.75, 3.05) is 6.54 Å². The van der Waals surface area contributed by atoms with E-state index >= 15 is 0 Å². The van der Waals surface area contributed by atoms with Crippen molar-refractivity contribution >= 4 is 0 Å². The van der Waals surface area contributed by atoms with Crippen molar-refractivity contribution in [3.8, 4) is 11.3 Å². The molecule has 1 saturated carbocycles. The molecule has 154 valence electrons. The molecule has 3 aromatic heterocycles. The molecule has 0 bridgehead atoms. The van der Waals surface area contributed by atoms with Crippen molar-refractivity contribution < 1.29 is 0 Å². The molecule has 0 aromatic carbocycles. The minimum atomic E-state index is -0.0659. The summed E-state index contributed by atoms with van der Waals surface area (Å²) in [7, 11) is 0. The molecule has 30 heavy (non-hydrogen) atoms. The molecule has 1 unspecified atom stereocenters. The lowest BCUT2D eigenvalue weighted by Gasteiger charge is -2.26. The van der Waals surface area contributed by atoms with Crippen LogP contribution in [0.5, 0.6) is 0 Å². The predicted molar refractivity (Wildman–Crippen MR) is 114 cm³/mol. The first-order chi connectivity index (χ1) is 14.8. The van der Waals surface area contributed by atoms with Gasteiger partial charge in [-0.1, -0.05) is 6.42 Å². The lowest BCUT2D eigenvalue weighted by atomic mass is 9.85. The maximum Gasteiger partial charge on any atom is 0.266 e. The molecule has 1 saturated heterocycles. The minimum Gasteiger partial charge on any atom is -0.293 e. The van der Waals surface area contributed by atoms with E-state index in [-0.39, 0.29) is 11.6 Å². The van der Waals surface area contributed by atoms with Gasteiger partial charge in [-0.3, -0.25) is 14.7 Å². The highest BCUT2D eigenvalue weighted by Gasteiger charge is 2.27. The van der Waals surface area contributed by atoms with Crippen LogP contribution in [0, 0.1) is 0 Å². The molecule has 1 aliphatic carbocycles. The average molecular weight is 403 g/mol. The minimum absolute atomic E-state index is 0.0659. The van der Waals surface area contributed by atoms with Crippen molar-refractivity contribution in [3.63, 3.8) is 0 Å². The van der Waals surface area contributed by atoms with Gasteiger partial charge in [0.1, 0.15) is 5.82 Å². The number of aromatic nitrogens is 5. The monoisotopic (exact) mass is 402 g/mol. The number of likely N-dealkylation sites (tertiary alicyclic amines) is 1. The summed E-state index contributed by atoms with van der Waals surface area (Å²) >= 11 is 0. The average Bonchev–Trinajstić information content (AvgIpc) is 3.16. The van der Waals surface area contributed by atoms with Crippen LogP contribution in [0.3, 0.4) is 0 Å². The third-order valence-electron chi connectivity index (χ3n) is 6.27. The smallest absolute Gasteiger partial charge is 0.266 e. The van der Waals surface area contributed by atoms with Gasteiger partial charge >= 0.3 is 0 Å². The van der Waals surface area contributed by atoms with Gasteiger partial charge in [0.25, 0.3) is 5.56 Å². The second-order valence-electron chi connectivity index (χ2n) is 8.28. The Labute approximate surface area is 175 Å². The van der Waals surface area contributed by atoms with Crippen LogP contribution in [0.4, 0.5) is 0 Å². The van der Waals surface area contributed by atoms with E-state index in [9.17, 15) is 4.79 Å². The third-order valence-corrected chi connectivity index (χ3v) is 6.27. The lowest BCUT2D eigenvalue weighted by Crippen LogP contribution is -2.37. The van der Waals surface area contributed by atoms with Crippen LogP contribution >= 0.6 is 0 Å². The molecule has 3 aromatic rings. The van der Waals surface area contributed by atoms with Crippen molar-refractivity contribution in [3.05, 3.63) is 70.8 Å². The highest BCUT2D eigenvalue weighted by Crippen LogP contribution is 2.34. The first-order valence-corrected chi connectivity index (χ1v) is 10.8. The zero-order valence-corrected chi connectivity index (χ0v) is 17.0. The summed E-state index contributed by atoms with van der Waals surface area (Å²) in [6, 6.07) is 9.51. The molecule has 0 radical (unpaired) electrons. The number of pyridine rings is 1. The molecule has 7 heteroatoms. The molecule has 2 aliphatic rings. The van der Waals surface area contributed by atoms with Gasteiger partial charge in [0, 0.05) is 48.7 Å². The summed E-state index contributed by atoms with van der Waals surface area (Å²) in [5.74, 6) is 1.54. The number of hydrogen-bond donors (Lipinski definition) is 0. The van der Waals surface area contributed by atoms with E-state index in [0.29, 0.717) is 12.5 Å². The largest absolute Gasteiger partial charge is 0.293 e. The second-order valence-corrected chi connectivity index (χ2v) is 8.28. The third kappa shape index (κ3) is 4.03. The molecule has 1 atom stereocenters. The van der Waals surface area contributed by atoms with Gasteiger partial charge in [0.05, 0.1) is 17.9 Å². The summed E-state index contributed by atoms with van der Waals surface area (Å²) in [4.78, 5) is 28.4. The highest BCUT2D eigenvalue weighted by molar-refractivity contribution is 5.56. The molecule has 5 rings (SSSR count). The highest BCUT2D eigenvalue weighted by atomic mass is 16.1. The molecule has 0 spiro atoms. The summed E-state index contributed by atoms with van der Waals surface area (Å²) in [5, 5.41) is 4.62. The fourth-order valence-electron chi connectivity index (χ4n) is 4.33. The lowest BCUT2D eigenvalue weighted by molar-refractivity contribution is 0.214. The van der Waals surface area contributed by atoms with Crippen LogP contribution in [0.1, 0.15) is 49.5 Å².